The van der Waals surface area contributed by atoms with Crippen LogP contribution >= 0.6 is 0 Å². The minimum absolute atomic E-state index is 0.169. The Bertz CT molecular complexity index is 261. The predicted molar refractivity (Wildman–Crippen MR) is 67.3 cm³/mol. The summed E-state index contributed by atoms with van der Waals surface area (Å²) in [7, 11) is 4.08. The Morgan fingerprint density at radius 2 is 2.06 bits per heavy atom. The first kappa shape index (κ1) is 13.5. The monoisotopic (exact) mass is 226 g/mol. The Kier molecular flexibility index (Phi) is 4.00. The molecule has 0 aromatic heterocycles. The van der Waals surface area contributed by atoms with Crippen molar-refractivity contribution in [2.45, 2.75) is 40.2 Å². The zero-order valence-corrected chi connectivity index (χ0v) is 11.6. The molecule has 1 aliphatic heterocycles. The van der Waals surface area contributed by atoms with Crippen molar-refractivity contribution in [2.75, 3.05) is 27.2 Å². The van der Waals surface area contributed by atoms with Gasteiger partial charge in [-0.25, -0.2) is 0 Å². The van der Waals surface area contributed by atoms with Crippen molar-refractivity contribution in [1.29, 1.82) is 0 Å². The summed E-state index contributed by atoms with van der Waals surface area (Å²) in [5.74, 6) is 0.968. The third-order valence-corrected chi connectivity index (χ3v) is 3.39. The molecule has 0 bridgehead atoms. The summed E-state index contributed by atoms with van der Waals surface area (Å²) in [5.41, 5.74) is -0.169. The fourth-order valence-electron chi connectivity index (χ4n) is 2.70. The summed E-state index contributed by atoms with van der Waals surface area (Å²) < 4.78 is 0. The summed E-state index contributed by atoms with van der Waals surface area (Å²) >= 11 is 0. The Labute approximate surface area is 99.8 Å². The third-order valence-electron chi connectivity index (χ3n) is 3.39. The average Bonchev–Trinajstić information content (AvgIpc) is 2.28. The SMILES string of the molecule is CC(C)CN(C)C[C@@H]1CC(C)(C)C(=O)N1C. The summed E-state index contributed by atoms with van der Waals surface area (Å²) in [6.07, 6.45) is 0.977. The molecule has 1 aliphatic rings. The van der Waals surface area contributed by atoms with E-state index >= 15 is 0 Å². The lowest BCUT2D eigenvalue weighted by molar-refractivity contribution is -0.134. The molecule has 0 unspecified atom stereocenters. The van der Waals surface area contributed by atoms with Crippen LogP contribution < -0.4 is 0 Å². The van der Waals surface area contributed by atoms with Gasteiger partial charge >= 0.3 is 0 Å². The second-order valence-corrected chi connectivity index (χ2v) is 6.27. The lowest BCUT2D eigenvalue weighted by atomic mass is 9.90. The molecule has 1 heterocycles. The quantitative estimate of drug-likeness (QED) is 0.730. The van der Waals surface area contributed by atoms with Gasteiger partial charge in [0.15, 0.2) is 0 Å². The number of carbonyl (C=O) groups excluding carboxylic acids is 1. The molecule has 0 aromatic rings. The Hall–Kier alpha value is -0.570. The van der Waals surface area contributed by atoms with Crippen molar-refractivity contribution in [3.05, 3.63) is 0 Å². The van der Waals surface area contributed by atoms with Gasteiger partial charge in [-0.1, -0.05) is 27.7 Å². The number of likely N-dealkylation sites (N-methyl/N-ethyl adjacent to an activating group) is 2. The largest absolute Gasteiger partial charge is 0.341 e. The number of hydrogen-bond acceptors (Lipinski definition) is 2. The normalized spacial score (nSPS) is 24.9. The molecule has 1 atom stereocenters. The smallest absolute Gasteiger partial charge is 0.228 e. The van der Waals surface area contributed by atoms with Crippen LogP contribution in [0, 0.1) is 11.3 Å². The van der Waals surface area contributed by atoms with Crippen LogP contribution in [0.2, 0.25) is 0 Å². The molecule has 1 saturated heterocycles. The van der Waals surface area contributed by atoms with Gasteiger partial charge in [0, 0.05) is 31.6 Å². The van der Waals surface area contributed by atoms with Gasteiger partial charge < -0.3 is 9.80 Å². The van der Waals surface area contributed by atoms with Crippen molar-refractivity contribution in [1.82, 2.24) is 9.80 Å². The van der Waals surface area contributed by atoms with Crippen LogP contribution in [0.25, 0.3) is 0 Å². The first-order valence-corrected chi connectivity index (χ1v) is 6.20. The molecule has 3 nitrogen and oxygen atoms in total. The lowest BCUT2D eigenvalue weighted by Gasteiger charge is -2.26. The fourth-order valence-corrected chi connectivity index (χ4v) is 2.70. The molecule has 0 aromatic carbocycles. The molecular formula is C13H26N2O. The van der Waals surface area contributed by atoms with E-state index in [1.807, 2.05) is 25.8 Å². The second-order valence-electron chi connectivity index (χ2n) is 6.27. The number of hydrogen-bond donors (Lipinski definition) is 0. The third kappa shape index (κ3) is 2.97. The highest BCUT2D eigenvalue weighted by atomic mass is 16.2. The first-order chi connectivity index (χ1) is 7.24. The number of carbonyl (C=O) groups is 1. The molecule has 1 fully saturated rings. The van der Waals surface area contributed by atoms with Crippen LogP contribution in [0.3, 0.4) is 0 Å². The molecule has 0 saturated carbocycles. The molecule has 16 heavy (non-hydrogen) atoms. The van der Waals surface area contributed by atoms with E-state index in [-0.39, 0.29) is 11.3 Å². The van der Waals surface area contributed by atoms with E-state index in [1.165, 1.54) is 0 Å². The van der Waals surface area contributed by atoms with E-state index in [0.717, 1.165) is 19.5 Å². The van der Waals surface area contributed by atoms with Gasteiger partial charge in [0.1, 0.15) is 0 Å². The summed E-state index contributed by atoms with van der Waals surface area (Å²) in [5, 5.41) is 0. The van der Waals surface area contributed by atoms with Crippen LogP contribution in [0.15, 0.2) is 0 Å². The molecule has 0 N–H and O–H groups in total. The fraction of sp³-hybridized carbons (Fsp3) is 0.923. The van der Waals surface area contributed by atoms with E-state index in [1.54, 1.807) is 0 Å². The predicted octanol–water partition coefficient (Wildman–Crippen LogP) is 1.83. The minimum atomic E-state index is -0.169. The molecule has 0 radical (unpaired) electrons. The van der Waals surface area contributed by atoms with Gasteiger partial charge in [-0.3, -0.25) is 4.79 Å². The van der Waals surface area contributed by atoms with E-state index in [2.05, 4.69) is 25.8 Å². The Morgan fingerprint density at radius 1 is 1.50 bits per heavy atom. The van der Waals surface area contributed by atoms with Crippen molar-refractivity contribution >= 4 is 5.91 Å². The van der Waals surface area contributed by atoms with E-state index in [4.69, 9.17) is 0 Å². The number of rotatable bonds is 4. The van der Waals surface area contributed by atoms with Crippen molar-refractivity contribution in [2.24, 2.45) is 11.3 Å². The molecule has 0 aliphatic carbocycles. The van der Waals surface area contributed by atoms with Gasteiger partial charge in [-0.05, 0) is 19.4 Å². The Balaban J connectivity index is 2.54. The van der Waals surface area contributed by atoms with Crippen LogP contribution in [0.5, 0.6) is 0 Å². The van der Waals surface area contributed by atoms with Gasteiger partial charge in [0.05, 0.1) is 0 Å². The molecule has 3 heteroatoms. The maximum atomic E-state index is 11.9. The highest BCUT2D eigenvalue weighted by Gasteiger charge is 2.43. The van der Waals surface area contributed by atoms with E-state index in [0.29, 0.717) is 12.0 Å². The maximum absolute atomic E-state index is 11.9. The topological polar surface area (TPSA) is 23.6 Å². The molecule has 0 spiro atoms. The van der Waals surface area contributed by atoms with Gasteiger partial charge in [-0.15, -0.1) is 0 Å². The summed E-state index contributed by atoms with van der Waals surface area (Å²) in [6.45, 7) is 10.6. The van der Waals surface area contributed by atoms with Crippen molar-refractivity contribution < 1.29 is 4.79 Å². The average molecular weight is 226 g/mol. The Morgan fingerprint density at radius 3 is 2.44 bits per heavy atom. The van der Waals surface area contributed by atoms with Crippen LogP contribution in [0.1, 0.15) is 34.1 Å². The van der Waals surface area contributed by atoms with Crippen LogP contribution in [0.4, 0.5) is 0 Å². The van der Waals surface area contributed by atoms with Crippen molar-refractivity contribution in [3.63, 3.8) is 0 Å². The van der Waals surface area contributed by atoms with E-state index in [9.17, 15) is 4.79 Å². The van der Waals surface area contributed by atoms with Crippen molar-refractivity contribution in [3.8, 4) is 0 Å². The maximum Gasteiger partial charge on any atom is 0.228 e. The minimum Gasteiger partial charge on any atom is -0.341 e. The first-order valence-electron chi connectivity index (χ1n) is 6.20. The molecule has 94 valence electrons. The van der Waals surface area contributed by atoms with Gasteiger partial charge in [0.25, 0.3) is 0 Å². The van der Waals surface area contributed by atoms with Gasteiger partial charge in [0.2, 0.25) is 5.91 Å². The molecule has 1 rings (SSSR count). The van der Waals surface area contributed by atoms with Crippen LogP contribution in [-0.4, -0.2) is 48.9 Å². The number of nitrogens with zero attached hydrogens (tertiary/aromatic N) is 2. The highest BCUT2D eigenvalue weighted by molar-refractivity contribution is 5.84. The number of likely N-dealkylation sites (tertiary alicyclic amines) is 1. The molecule has 1 amide bonds. The van der Waals surface area contributed by atoms with Gasteiger partial charge in [-0.2, -0.15) is 0 Å². The second kappa shape index (κ2) is 4.74. The molecular weight excluding hydrogens is 200 g/mol. The van der Waals surface area contributed by atoms with Crippen LogP contribution in [-0.2, 0) is 4.79 Å². The highest BCUT2D eigenvalue weighted by Crippen LogP contribution is 2.34. The zero-order chi connectivity index (χ0) is 12.5. The van der Waals surface area contributed by atoms with E-state index < -0.39 is 0 Å². The zero-order valence-electron chi connectivity index (χ0n) is 11.6. The lowest BCUT2D eigenvalue weighted by Crippen LogP contribution is -2.39. The summed E-state index contributed by atoms with van der Waals surface area (Å²) in [6, 6.07) is 0.381. The number of amides is 1. The standard InChI is InChI=1S/C13H26N2O/c1-10(2)8-14(5)9-11-7-13(3,4)12(16)15(11)6/h10-11H,7-9H2,1-6H3/t11-/m0/s1. The summed E-state index contributed by atoms with van der Waals surface area (Å²) in [4.78, 5) is 16.2.